The summed E-state index contributed by atoms with van der Waals surface area (Å²) < 4.78 is 54.0. The zero-order valence-electron chi connectivity index (χ0n) is 32.2. The molecule has 10 heteroatoms. The second-order valence-corrected chi connectivity index (χ2v) is 21.0. The zero-order chi connectivity index (χ0) is 38.8. The third-order valence-electron chi connectivity index (χ3n) is 18.0. The molecule has 8 fully saturated rings. The lowest BCUT2D eigenvalue weighted by Crippen LogP contribution is -2.67. The molecule has 1 aromatic heterocycles. The van der Waals surface area contributed by atoms with E-state index in [1.54, 1.807) is 6.07 Å². The Morgan fingerprint density at radius 3 is 2.30 bits per heavy atom. The largest absolute Gasteiger partial charge is 0.453 e. The lowest BCUT2D eigenvalue weighted by atomic mass is 9.32. The summed E-state index contributed by atoms with van der Waals surface area (Å²) in [7, 11) is 0. The van der Waals surface area contributed by atoms with E-state index in [0.717, 1.165) is 68.5 Å². The summed E-state index contributed by atoms with van der Waals surface area (Å²) in [6, 6.07) is 6.18. The number of alkyl halides is 3. The molecule has 298 valence electrons. The highest BCUT2D eigenvalue weighted by Crippen LogP contribution is 2.79. The molecule has 10 aliphatic carbocycles. The number of ketones is 1. The number of carbonyl (C=O) groups is 2. The number of amides is 1. The van der Waals surface area contributed by atoms with Gasteiger partial charge >= 0.3 is 12.3 Å². The van der Waals surface area contributed by atoms with Gasteiger partial charge in [0.2, 0.25) is 5.78 Å². The summed E-state index contributed by atoms with van der Waals surface area (Å²) in [4.78, 5) is 31.3. The van der Waals surface area contributed by atoms with Crippen molar-refractivity contribution in [3.8, 4) is 11.3 Å². The van der Waals surface area contributed by atoms with Crippen molar-refractivity contribution in [2.45, 2.75) is 115 Å². The van der Waals surface area contributed by atoms with Crippen molar-refractivity contribution in [1.82, 2.24) is 4.90 Å². The lowest BCUT2D eigenvalue weighted by molar-refractivity contribution is -0.165. The van der Waals surface area contributed by atoms with Crippen molar-refractivity contribution in [2.75, 3.05) is 13.1 Å². The number of allylic oxidation sites excluding steroid dienone is 4. The molecule has 1 N–H and O–H groups in total. The number of nitrogens with zero attached hydrogens (tertiary/aromatic N) is 1. The van der Waals surface area contributed by atoms with Crippen LogP contribution in [0.3, 0.4) is 0 Å². The first-order valence-electron chi connectivity index (χ1n) is 21.1. The number of halogens is 4. The van der Waals surface area contributed by atoms with E-state index in [9.17, 15) is 23.1 Å². The number of hydrogen-bond donors (Lipinski definition) is 1. The molecule has 0 unspecified atom stereocenters. The van der Waals surface area contributed by atoms with Crippen LogP contribution in [0.5, 0.6) is 0 Å². The van der Waals surface area contributed by atoms with Crippen LogP contribution in [0, 0.1) is 56.7 Å². The third kappa shape index (κ3) is 4.62. The number of fused-ring (bicyclic) bond motifs is 2. The quantitative estimate of drug-likeness (QED) is 0.241. The van der Waals surface area contributed by atoms with Crippen LogP contribution in [-0.4, -0.2) is 46.7 Å². The number of benzene rings is 1. The first kappa shape index (κ1) is 36.1. The van der Waals surface area contributed by atoms with Gasteiger partial charge < -0.3 is 19.2 Å². The van der Waals surface area contributed by atoms with E-state index in [2.05, 4.69) is 37.0 Å². The van der Waals surface area contributed by atoms with Crippen molar-refractivity contribution in [3.63, 3.8) is 0 Å². The smallest absolute Gasteiger partial charge is 0.416 e. The van der Waals surface area contributed by atoms with E-state index in [-0.39, 0.29) is 56.6 Å². The molecule has 6 nitrogen and oxygen atoms in total. The molecule has 2 aromatic rings. The Morgan fingerprint density at radius 2 is 1.59 bits per heavy atom. The molecule has 1 aliphatic heterocycles. The highest BCUT2D eigenvalue weighted by molar-refractivity contribution is 6.33. The van der Waals surface area contributed by atoms with Crippen molar-refractivity contribution >= 4 is 23.5 Å². The molecular formula is C46H51ClF3NO5. The molecule has 8 atom stereocenters. The van der Waals surface area contributed by atoms with Crippen LogP contribution in [0.15, 0.2) is 58.6 Å². The van der Waals surface area contributed by atoms with Crippen LogP contribution in [-0.2, 0) is 10.9 Å². The summed E-state index contributed by atoms with van der Waals surface area (Å²) in [5, 5.41) is 11.2. The highest BCUT2D eigenvalue weighted by atomic mass is 35.5. The summed E-state index contributed by atoms with van der Waals surface area (Å²) in [5.41, 5.74) is -2.39. The topological polar surface area (TPSA) is 80.0 Å². The summed E-state index contributed by atoms with van der Waals surface area (Å²) in [6.07, 6.45) is 14.6. The normalized spacial score (nSPS) is 45.5. The average Bonchev–Trinajstić information content (AvgIpc) is 3.82. The number of aliphatic hydroxyl groups excluding tert-OH is 1. The van der Waals surface area contributed by atoms with Crippen molar-refractivity contribution < 1.29 is 37.0 Å². The Balaban J connectivity index is 0.964. The van der Waals surface area contributed by atoms with E-state index < -0.39 is 39.7 Å². The van der Waals surface area contributed by atoms with Crippen LogP contribution in [0.2, 0.25) is 5.02 Å². The van der Waals surface area contributed by atoms with Crippen LogP contribution in [0.25, 0.3) is 11.3 Å². The predicted molar refractivity (Wildman–Crippen MR) is 203 cm³/mol. The Labute approximate surface area is 331 Å². The van der Waals surface area contributed by atoms with Gasteiger partial charge in [0.1, 0.15) is 11.4 Å². The maximum absolute atomic E-state index is 15.1. The molecule has 13 rings (SSSR count). The van der Waals surface area contributed by atoms with Crippen LogP contribution >= 0.6 is 11.6 Å². The van der Waals surface area contributed by atoms with Crippen LogP contribution in [0.1, 0.15) is 113 Å². The van der Waals surface area contributed by atoms with Crippen LogP contribution in [0.4, 0.5) is 18.0 Å². The van der Waals surface area contributed by atoms with Gasteiger partial charge in [0.05, 0.1) is 23.2 Å². The van der Waals surface area contributed by atoms with Gasteiger partial charge in [-0.1, -0.05) is 43.7 Å². The molecule has 1 amide bonds. The minimum absolute atomic E-state index is 0.00168. The minimum atomic E-state index is -4.57. The molecule has 1 aromatic carbocycles. The van der Waals surface area contributed by atoms with Crippen molar-refractivity contribution in [1.29, 1.82) is 0 Å². The fourth-order valence-corrected chi connectivity index (χ4v) is 16.2. The maximum atomic E-state index is 15.1. The predicted octanol–water partition coefficient (Wildman–Crippen LogP) is 11.1. The Bertz CT molecular complexity index is 2090. The van der Waals surface area contributed by atoms with Gasteiger partial charge in [0, 0.05) is 33.9 Å². The van der Waals surface area contributed by atoms with E-state index in [0.29, 0.717) is 25.0 Å². The molecule has 6 bridgehead atoms. The Hall–Kier alpha value is -3.04. The van der Waals surface area contributed by atoms with Gasteiger partial charge in [0.25, 0.3) is 0 Å². The van der Waals surface area contributed by atoms with Crippen LogP contribution < -0.4 is 0 Å². The van der Waals surface area contributed by atoms with Gasteiger partial charge in [-0.3, -0.25) is 4.79 Å². The number of ether oxygens (including phenoxy) is 1. The zero-order valence-corrected chi connectivity index (χ0v) is 33.0. The molecule has 56 heavy (non-hydrogen) atoms. The number of hydrogen-bond acceptors (Lipinski definition) is 5. The van der Waals surface area contributed by atoms with Gasteiger partial charge in [-0.2, -0.15) is 13.2 Å². The van der Waals surface area contributed by atoms with Gasteiger partial charge in [0.15, 0.2) is 5.76 Å². The van der Waals surface area contributed by atoms with Crippen molar-refractivity contribution in [3.05, 3.63) is 70.5 Å². The van der Waals surface area contributed by atoms with Gasteiger partial charge in [-0.05, 0) is 154 Å². The van der Waals surface area contributed by atoms with Gasteiger partial charge in [-0.15, -0.1) is 0 Å². The molecule has 3 spiro atoms. The highest BCUT2D eigenvalue weighted by Gasteiger charge is 2.76. The number of Topliss-reactive ketones (excluding diaryl/α,β-unsaturated/α-hetero) is 1. The second kappa shape index (κ2) is 11.4. The summed E-state index contributed by atoms with van der Waals surface area (Å²) in [6.45, 7) is 6.05. The first-order chi connectivity index (χ1) is 26.5. The number of furan rings is 1. The summed E-state index contributed by atoms with van der Waals surface area (Å²) >= 11 is 6.41. The van der Waals surface area contributed by atoms with E-state index in [1.165, 1.54) is 50.7 Å². The first-order valence-corrected chi connectivity index (χ1v) is 21.5. The molecular weight excluding hydrogens is 739 g/mol. The molecule has 0 radical (unpaired) electrons. The fraction of sp³-hybridized carbons (Fsp3) is 0.652. The molecule has 11 aliphatic rings. The maximum Gasteiger partial charge on any atom is 0.416 e. The second-order valence-electron chi connectivity index (χ2n) is 20.6. The molecule has 2 heterocycles. The van der Waals surface area contributed by atoms with E-state index >= 15 is 4.79 Å². The number of aliphatic hydroxyl groups is 1. The van der Waals surface area contributed by atoms with E-state index in [4.69, 9.17) is 20.8 Å². The Morgan fingerprint density at radius 1 is 0.911 bits per heavy atom. The Kier molecular flexibility index (Phi) is 7.32. The fourth-order valence-electron chi connectivity index (χ4n) is 16.0. The SMILES string of the molecule is C[C@]12CC[C@H]3[C@]4(C=C[C@@]5(C=C4C(=O)c4ccc(-c6cc(C(F)(F)F)ccc6Cl)o4)C[C@@H](O)CC[C@]35C)[C@@H]1CC[C@@]21CN(CC23CC4CC(CC(C4)C2)C3)C(=O)O1. The van der Waals surface area contributed by atoms with Gasteiger partial charge in [-0.25, -0.2) is 4.79 Å². The molecule has 7 saturated carbocycles. The standard InChI is InChI=1S/C46H51ClF3NO5/c1-40-10-7-30(52)22-43(40)13-14-45(32(23-43)38(53)35-6-5-34(55-35)31-18-29(46(48,49)50)3-4-33(31)47)36(40)8-11-41(2)37(45)9-12-44(41)25-51(39(54)56-44)24-42-19-26-15-27(20-42)17-28(16-26)21-42/h3-6,13-14,18,23,26-28,30,36-37,52H,7-12,15-17,19-22,24-25H2,1-2H3/t26?,27?,28?,30-,36+,37+,40+,41-,42?,43-,44+,45+/m0/s1. The van der Waals surface area contributed by atoms with Crippen molar-refractivity contribution in [2.24, 2.45) is 56.7 Å². The monoisotopic (exact) mass is 789 g/mol. The summed E-state index contributed by atoms with van der Waals surface area (Å²) in [5.74, 6) is 2.36. The minimum Gasteiger partial charge on any atom is -0.453 e. The third-order valence-corrected chi connectivity index (χ3v) is 18.3. The van der Waals surface area contributed by atoms with E-state index in [1.807, 2.05) is 0 Å². The average molecular weight is 790 g/mol. The number of carbonyl (C=O) groups excluding carboxylic acids is 2. The lowest BCUT2D eigenvalue weighted by Gasteiger charge is -2.71. The number of rotatable bonds is 5. The molecule has 1 saturated heterocycles.